The molecule has 0 aromatic heterocycles. The number of fused-ring (bicyclic) bond motifs is 3. The Balaban J connectivity index is 2.04. The predicted octanol–water partition coefficient (Wildman–Crippen LogP) is 2.56. The highest BCUT2D eigenvalue weighted by Crippen LogP contribution is 2.62. The maximum Gasteiger partial charge on any atom is 0.307 e. The summed E-state index contributed by atoms with van der Waals surface area (Å²) in [6, 6.07) is 3.13. The number of benzene rings is 1. The third kappa shape index (κ3) is 1.11. The van der Waals surface area contributed by atoms with E-state index in [1.165, 1.54) is 6.07 Å². The zero-order valence-corrected chi connectivity index (χ0v) is 9.29. The van der Waals surface area contributed by atoms with Crippen LogP contribution in [0.1, 0.15) is 17.0 Å². The van der Waals surface area contributed by atoms with E-state index in [1.54, 1.807) is 6.07 Å². The van der Waals surface area contributed by atoms with Gasteiger partial charge in [-0.15, -0.1) is 0 Å². The molecule has 1 N–H and O–H groups in total. The first kappa shape index (κ1) is 9.33. The van der Waals surface area contributed by atoms with Gasteiger partial charge in [-0.2, -0.15) is 0 Å². The van der Waals surface area contributed by atoms with Crippen LogP contribution in [-0.4, -0.2) is 11.1 Å². The van der Waals surface area contributed by atoms with Gasteiger partial charge in [-0.3, -0.25) is 4.79 Å². The van der Waals surface area contributed by atoms with E-state index in [0.717, 1.165) is 11.1 Å². The molecule has 0 bridgehead atoms. The van der Waals surface area contributed by atoms with E-state index in [4.69, 9.17) is 5.11 Å². The molecule has 4 heteroatoms. The average molecular weight is 271 g/mol. The number of hydrogen-bond acceptors (Lipinski definition) is 1. The molecule has 0 heterocycles. The van der Waals surface area contributed by atoms with E-state index in [0.29, 0.717) is 10.9 Å². The highest BCUT2D eigenvalue weighted by molar-refractivity contribution is 9.10. The largest absolute Gasteiger partial charge is 0.481 e. The standard InChI is InChI=1S/C11H8BrFO2/c12-10-5-3-6-8(9(6)11(14)15)4(5)1-2-7(10)13/h1-2,6,8-9H,3H2,(H,14,15)/t6-,8+,9-/m1/s1. The molecule has 2 aliphatic rings. The maximum absolute atomic E-state index is 13.2. The summed E-state index contributed by atoms with van der Waals surface area (Å²) in [5.41, 5.74) is 1.98. The van der Waals surface area contributed by atoms with Crippen LogP contribution in [0.15, 0.2) is 16.6 Å². The number of hydrogen-bond donors (Lipinski definition) is 1. The molecule has 2 aliphatic carbocycles. The van der Waals surface area contributed by atoms with Crippen LogP contribution in [0.25, 0.3) is 0 Å². The van der Waals surface area contributed by atoms with Crippen molar-refractivity contribution in [3.05, 3.63) is 33.5 Å². The molecule has 3 atom stereocenters. The van der Waals surface area contributed by atoms with Crippen molar-refractivity contribution < 1.29 is 14.3 Å². The summed E-state index contributed by atoms with van der Waals surface area (Å²) in [4.78, 5) is 10.9. The van der Waals surface area contributed by atoms with Crippen LogP contribution in [-0.2, 0) is 11.2 Å². The molecular formula is C11H8BrFO2. The van der Waals surface area contributed by atoms with Gasteiger partial charge in [0.15, 0.2) is 0 Å². The molecule has 1 saturated carbocycles. The molecule has 3 rings (SSSR count). The van der Waals surface area contributed by atoms with E-state index in [-0.39, 0.29) is 23.6 Å². The van der Waals surface area contributed by atoms with Gasteiger partial charge in [0.05, 0.1) is 10.4 Å². The Labute approximate surface area is 94.2 Å². The fourth-order valence-electron chi connectivity index (χ4n) is 2.75. The minimum Gasteiger partial charge on any atom is -0.481 e. The second kappa shape index (κ2) is 2.82. The van der Waals surface area contributed by atoms with Crippen molar-refractivity contribution in [3.63, 3.8) is 0 Å². The molecule has 0 amide bonds. The number of carboxylic acid groups (broad SMARTS) is 1. The zero-order valence-electron chi connectivity index (χ0n) is 7.71. The SMILES string of the molecule is O=C(O)[C@@H]1[C@@H]2Cc3c(ccc(F)c3Br)[C@@H]21. The lowest BCUT2D eigenvalue weighted by atomic mass is 10.0. The summed E-state index contributed by atoms with van der Waals surface area (Å²) in [5, 5.41) is 8.92. The van der Waals surface area contributed by atoms with Crippen molar-refractivity contribution in [1.82, 2.24) is 0 Å². The fraction of sp³-hybridized carbons (Fsp3) is 0.364. The average Bonchev–Trinajstić information content (AvgIpc) is 2.78. The van der Waals surface area contributed by atoms with Gasteiger partial charge in [0.1, 0.15) is 5.82 Å². The second-order valence-electron chi connectivity index (χ2n) is 4.19. The third-order valence-electron chi connectivity index (χ3n) is 3.48. The van der Waals surface area contributed by atoms with Crippen molar-refractivity contribution in [2.75, 3.05) is 0 Å². The quantitative estimate of drug-likeness (QED) is 0.852. The van der Waals surface area contributed by atoms with Gasteiger partial charge in [-0.05, 0) is 45.5 Å². The summed E-state index contributed by atoms with van der Waals surface area (Å²) in [6.07, 6.45) is 0.690. The Kier molecular flexibility index (Phi) is 1.75. The highest BCUT2D eigenvalue weighted by Gasteiger charge is 2.60. The van der Waals surface area contributed by atoms with Crippen LogP contribution in [0.2, 0.25) is 0 Å². The van der Waals surface area contributed by atoms with E-state index in [1.807, 2.05) is 0 Å². The second-order valence-corrected chi connectivity index (χ2v) is 4.98. The molecule has 1 aromatic rings. The topological polar surface area (TPSA) is 37.3 Å². The number of aliphatic carboxylic acids is 1. The summed E-state index contributed by atoms with van der Waals surface area (Å²) >= 11 is 3.21. The smallest absolute Gasteiger partial charge is 0.307 e. The van der Waals surface area contributed by atoms with Crippen molar-refractivity contribution in [3.8, 4) is 0 Å². The molecule has 0 unspecified atom stereocenters. The van der Waals surface area contributed by atoms with Crippen LogP contribution < -0.4 is 0 Å². The van der Waals surface area contributed by atoms with Crippen LogP contribution in [0.3, 0.4) is 0 Å². The van der Waals surface area contributed by atoms with Gasteiger partial charge in [0.25, 0.3) is 0 Å². The van der Waals surface area contributed by atoms with Crippen molar-refractivity contribution >= 4 is 21.9 Å². The van der Waals surface area contributed by atoms with E-state index in [2.05, 4.69) is 15.9 Å². The van der Waals surface area contributed by atoms with Crippen LogP contribution in [0.5, 0.6) is 0 Å². The van der Waals surface area contributed by atoms with E-state index in [9.17, 15) is 9.18 Å². The summed E-state index contributed by atoms with van der Waals surface area (Å²) in [5.74, 6) is -0.919. The number of carboxylic acids is 1. The highest BCUT2D eigenvalue weighted by atomic mass is 79.9. The first-order valence-electron chi connectivity index (χ1n) is 4.81. The van der Waals surface area contributed by atoms with Crippen molar-refractivity contribution in [1.29, 1.82) is 0 Å². The van der Waals surface area contributed by atoms with E-state index >= 15 is 0 Å². The minimum atomic E-state index is -0.726. The lowest BCUT2D eigenvalue weighted by Crippen LogP contribution is -2.05. The lowest BCUT2D eigenvalue weighted by Gasteiger charge is -2.07. The fourth-order valence-corrected chi connectivity index (χ4v) is 3.27. The Morgan fingerprint density at radius 2 is 2.27 bits per heavy atom. The molecule has 2 nitrogen and oxygen atoms in total. The Morgan fingerprint density at radius 1 is 1.53 bits per heavy atom. The lowest BCUT2D eigenvalue weighted by molar-refractivity contribution is -0.139. The molecule has 0 aliphatic heterocycles. The molecule has 0 saturated heterocycles. The van der Waals surface area contributed by atoms with Gasteiger partial charge in [0.2, 0.25) is 0 Å². The molecular weight excluding hydrogens is 263 g/mol. The van der Waals surface area contributed by atoms with Gasteiger partial charge < -0.3 is 5.11 Å². The Hall–Kier alpha value is -0.900. The molecule has 0 spiro atoms. The van der Waals surface area contributed by atoms with Gasteiger partial charge in [-0.25, -0.2) is 4.39 Å². The molecule has 1 aromatic carbocycles. The number of rotatable bonds is 1. The zero-order chi connectivity index (χ0) is 10.7. The van der Waals surface area contributed by atoms with Crippen LogP contribution in [0, 0.1) is 17.7 Å². The first-order chi connectivity index (χ1) is 7.11. The van der Waals surface area contributed by atoms with Crippen molar-refractivity contribution in [2.45, 2.75) is 12.3 Å². The Morgan fingerprint density at radius 3 is 2.93 bits per heavy atom. The van der Waals surface area contributed by atoms with Gasteiger partial charge in [0, 0.05) is 5.92 Å². The van der Waals surface area contributed by atoms with Crippen LogP contribution in [0.4, 0.5) is 4.39 Å². The maximum atomic E-state index is 13.2. The number of carbonyl (C=O) groups is 1. The van der Waals surface area contributed by atoms with E-state index < -0.39 is 5.97 Å². The molecule has 78 valence electrons. The molecule has 1 fully saturated rings. The third-order valence-corrected chi connectivity index (χ3v) is 4.34. The number of halogens is 2. The molecule has 0 radical (unpaired) electrons. The first-order valence-corrected chi connectivity index (χ1v) is 5.60. The minimum absolute atomic E-state index is 0.120. The summed E-state index contributed by atoms with van der Waals surface area (Å²) in [7, 11) is 0. The summed E-state index contributed by atoms with van der Waals surface area (Å²) < 4.78 is 13.7. The molecule has 15 heavy (non-hydrogen) atoms. The van der Waals surface area contributed by atoms with Gasteiger partial charge in [-0.1, -0.05) is 6.07 Å². The predicted molar refractivity (Wildman–Crippen MR) is 55.2 cm³/mol. The van der Waals surface area contributed by atoms with Gasteiger partial charge >= 0.3 is 5.97 Å². The monoisotopic (exact) mass is 270 g/mol. The normalized spacial score (nSPS) is 30.9. The Bertz CT molecular complexity index is 472. The van der Waals surface area contributed by atoms with Crippen molar-refractivity contribution in [2.24, 2.45) is 11.8 Å². The summed E-state index contributed by atoms with van der Waals surface area (Å²) in [6.45, 7) is 0. The van der Waals surface area contributed by atoms with Crippen LogP contribution >= 0.6 is 15.9 Å².